The summed E-state index contributed by atoms with van der Waals surface area (Å²) in [5.41, 5.74) is 0.786. The highest BCUT2D eigenvalue weighted by atomic mass is 15.3. The Morgan fingerprint density at radius 2 is 1.81 bits per heavy atom. The molecule has 0 aliphatic heterocycles. The summed E-state index contributed by atoms with van der Waals surface area (Å²) >= 11 is 0. The van der Waals surface area contributed by atoms with Crippen molar-refractivity contribution in [3.63, 3.8) is 0 Å². The Labute approximate surface area is 126 Å². The summed E-state index contributed by atoms with van der Waals surface area (Å²) in [4.78, 5) is 11.5. The topological polar surface area (TPSA) is 69.7 Å². The van der Waals surface area contributed by atoms with Gasteiger partial charge in [-0.3, -0.25) is 5.10 Å². The Kier molecular flexibility index (Phi) is 4.98. The van der Waals surface area contributed by atoms with Crippen LogP contribution < -0.4 is 10.2 Å². The molecule has 0 radical (unpaired) electrons. The lowest BCUT2D eigenvalue weighted by molar-refractivity contribution is 0.550. The quantitative estimate of drug-likeness (QED) is 0.820. The Balaban J connectivity index is 2.45. The molecule has 0 aliphatic carbocycles. The van der Waals surface area contributed by atoms with E-state index < -0.39 is 0 Å². The van der Waals surface area contributed by atoms with Crippen molar-refractivity contribution in [3.05, 3.63) is 6.20 Å². The zero-order chi connectivity index (χ0) is 15.4. The van der Waals surface area contributed by atoms with Crippen LogP contribution in [-0.2, 0) is 0 Å². The molecule has 2 rings (SSSR count). The van der Waals surface area contributed by atoms with Gasteiger partial charge in [0, 0.05) is 19.6 Å². The predicted octanol–water partition coefficient (Wildman–Crippen LogP) is 2.90. The van der Waals surface area contributed by atoms with E-state index in [2.05, 4.69) is 53.1 Å². The molecule has 21 heavy (non-hydrogen) atoms. The van der Waals surface area contributed by atoms with E-state index in [4.69, 9.17) is 4.98 Å². The normalized spacial score (nSPS) is 11.6. The first-order valence-electron chi connectivity index (χ1n) is 7.71. The number of fused-ring (bicyclic) bond motifs is 1. The van der Waals surface area contributed by atoms with Crippen molar-refractivity contribution in [1.82, 2.24) is 20.2 Å². The maximum atomic E-state index is 4.71. The van der Waals surface area contributed by atoms with Crippen LogP contribution in [0.1, 0.15) is 34.6 Å². The molecule has 0 unspecified atom stereocenters. The average molecular weight is 290 g/mol. The third-order valence-corrected chi connectivity index (χ3v) is 3.10. The first-order valence-corrected chi connectivity index (χ1v) is 7.71. The molecule has 0 saturated carbocycles. The molecular formula is C15H26N6. The smallest absolute Gasteiger partial charge is 0.226 e. The third-order valence-electron chi connectivity index (χ3n) is 3.10. The highest BCUT2D eigenvalue weighted by molar-refractivity contribution is 5.87. The molecule has 2 aromatic rings. The van der Waals surface area contributed by atoms with Crippen molar-refractivity contribution in [3.8, 4) is 0 Å². The second-order valence-corrected chi connectivity index (χ2v) is 6.23. The van der Waals surface area contributed by atoms with Crippen LogP contribution in [0.4, 0.5) is 11.8 Å². The summed E-state index contributed by atoms with van der Waals surface area (Å²) in [6, 6.07) is 0. The fraction of sp³-hybridized carbons (Fsp3) is 0.667. The van der Waals surface area contributed by atoms with Crippen molar-refractivity contribution < 1.29 is 0 Å². The Morgan fingerprint density at radius 1 is 1.14 bits per heavy atom. The number of hydrogen-bond donors (Lipinski definition) is 2. The van der Waals surface area contributed by atoms with Crippen LogP contribution in [0.15, 0.2) is 6.20 Å². The molecule has 2 aromatic heterocycles. The van der Waals surface area contributed by atoms with E-state index in [1.807, 2.05) is 13.1 Å². The van der Waals surface area contributed by atoms with E-state index in [0.29, 0.717) is 17.8 Å². The van der Waals surface area contributed by atoms with Crippen molar-refractivity contribution in [2.75, 3.05) is 29.9 Å². The molecular weight excluding hydrogens is 264 g/mol. The molecule has 0 spiro atoms. The number of aromatic nitrogens is 4. The summed E-state index contributed by atoms with van der Waals surface area (Å²) in [5.74, 6) is 2.76. The van der Waals surface area contributed by atoms with Gasteiger partial charge in [-0.15, -0.1) is 0 Å². The Bertz CT molecular complexity index is 565. The van der Waals surface area contributed by atoms with E-state index in [1.165, 1.54) is 0 Å². The molecule has 0 fully saturated rings. The van der Waals surface area contributed by atoms with Crippen LogP contribution in [0.2, 0.25) is 0 Å². The molecule has 6 heteroatoms. The van der Waals surface area contributed by atoms with Gasteiger partial charge in [0.25, 0.3) is 0 Å². The van der Waals surface area contributed by atoms with E-state index in [9.17, 15) is 0 Å². The molecule has 0 bridgehead atoms. The summed E-state index contributed by atoms with van der Waals surface area (Å²) in [7, 11) is 0. The van der Waals surface area contributed by atoms with Gasteiger partial charge in [0.2, 0.25) is 5.95 Å². The lowest BCUT2D eigenvalue weighted by atomic mass is 10.1. The maximum Gasteiger partial charge on any atom is 0.226 e. The van der Waals surface area contributed by atoms with E-state index in [1.54, 1.807) is 0 Å². The standard InChI is InChI=1S/C15H26N6/c1-6-16-15-18-13-12(7-17-20-13)14(19-15)21(8-10(2)3)9-11(4)5/h7,10-11H,6,8-9H2,1-5H3,(H2,16,17,18,19,20). The van der Waals surface area contributed by atoms with Crippen LogP contribution in [0.5, 0.6) is 0 Å². The van der Waals surface area contributed by atoms with Crippen LogP contribution in [-0.4, -0.2) is 39.8 Å². The third kappa shape index (κ3) is 3.83. The van der Waals surface area contributed by atoms with E-state index >= 15 is 0 Å². The van der Waals surface area contributed by atoms with Gasteiger partial charge in [0.15, 0.2) is 5.65 Å². The molecule has 0 aliphatic rings. The SMILES string of the molecule is CCNc1nc(N(CC(C)C)CC(C)C)c2cn[nH]c2n1. The summed E-state index contributed by atoms with van der Waals surface area (Å²) in [5, 5.41) is 11.3. The molecule has 116 valence electrons. The van der Waals surface area contributed by atoms with Crippen LogP contribution in [0.25, 0.3) is 11.0 Å². The lowest BCUT2D eigenvalue weighted by Crippen LogP contribution is -2.32. The highest BCUT2D eigenvalue weighted by Crippen LogP contribution is 2.25. The van der Waals surface area contributed by atoms with Crippen molar-refractivity contribution >= 4 is 22.8 Å². The molecule has 6 nitrogen and oxygen atoms in total. The molecule has 2 N–H and O–H groups in total. The highest BCUT2D eigenvalue weighted by Gasteiger charge is 2.17. The van der Waals surface area contributed by atoms with Crippen LogP contribution in [0.3, 0.4) is 0 Å². The summed E-state index contributed by atoms with van der Waals surface area (Å²) in [6.45, 7) is 13.7. The van der Waals surface area contributed by atoms with Gasteiger partial charge in [-0.1, -0.05) is 27.7 Å². The number of nitrogens with zero attached hydrogens (tertiary/aromatic N) is 4. The van der Waals surface area contributed by atoms with Gasteiger partial charge in [0.05, 0.1) is 11.6 Å². The largest absolute Gasteiger partial charge is 0.355 e. The van der Waals surface area contributed by atoms with Gasteiger partial charge in [-0.2, -0.15) is 15.1 Å². The zero-order valence-electron chi connectivity index (χ0n) is 13.6. The van der Waals surface area contributed by atoms with E-state index in [0.717, 1.165) is 36.5 Å². The number of anilines is 2. The number of H-pyrrole nitrogens is 1. The van der Waals surface area contributed by atoms with Gasteiger partial charge < -0.3 is 10.2 Å². The number of aromatic amines is 1. The van der Waals surface area contributed by atoms with Crippen molar-refractivity contribution in [1.29, 1.82) is 0 Å². The fourth-order valence-corrected chi connectivity index (χ4v) is 2.43. The van der Waals surface area contributed by atoms with E-state index in [-0.39, 0.29) is 0 Å². The van der Waals surface area contributed by atoms with Crippen LogP contribution >= 0.6 is 0 Å². The van der Waals surface area contributed by atoms with Gasteiger partial charge >= 0.3 is 0 Å². The van der Waals surface area contributed by atoms with Gasteiger partial charge in [-0.05, 0) is 18.8 Å². The lowest BCUT2D eigenvalue weighted by Gasteiger charge is -2.28. The second-order valence-electron chi connectivity index (χ2n) is 6.23. The summed E-state index contributed by atoms with van der Waals surface area (Å²) in [6.07, 6.45) is 1.81. The number of hydrogen-bond acceptors (Lipinski definition) is 5. The molecule has 2 heterocycles. The first kappa shape index (κ1) is 15.5. The fourth-order valence-electron chi connectivity index (χ4n) is 2.43. The first-order chi connectivity index (χ1) is 10.0. The molecule has 0 atom stereocenters. The van der Waals surface area contributed by atoms with Gasteiger partial charge in [0.1, 0.15) is 5.82 Å². The second kappa shape index (κ2) is 6.74. The average Bonchev–Trinajstić information content (AvgIpc) is 2.84. The van der Waals surface area contributed by atoms with Crippen LogP contribution in [0, 0.1) is 11.8 Å². The van der Waals surface area contributed by atoms with Crippen molar-refractivity contribution in [2.24, 2.45) is 11.8 Å². The Hall–Kier alpha value is -1.85. The number of nitrogens with one attached hydrogen (secondary N) is 2. The summed E-state index contributed by atoms with van der Waals surface area (Å²) < 4.78 is 0. The number of rotatable bonds is 7. The monoisotopic (exact) mass is 290 g/mol. The minimum absolute atomic E-state index is 0.572. The minimum Gasteiger partial charge on any atom is -0.355 e. The molecule has 0 saturated heterocycles. The maximum absolute atomic E-state index is 4.71. The zero-order valence-corrected chi connectivity index (χ0v) is 13.6. The van der Waals surface area contributed by atoms with Gasteiger partial charge in [-0.25, -0.2) is 0 Å². The predicted molar refractivity (Wildman–Crippen MR) is 87.7 cm³/mol. The molecule has 0 amide bonds. The Morgan fingerprint density at radius 3 is 2.38 bits per heavy atom. The van der Waals surface area contributed by atoms with Crippen molar-refractivity contribution in [2.45, 2.75) is 34.6 Å². The molecule has 0 aromatic carbocycles. The minimum atomic E-state index is 0.572.